The number of sulfonamides is 1. The minimum Gasteiger partial charge on any atom is -0.329 e. The summed E-state index contributed by atoms with van der Waals surface area (Å²) in [4.78, 5) is 14.2. The van der Waals surface area contributed by atoms with Gasteiger partial charge in [-0.3, -0.25) is 9.69 Å². The fourth-order valence-corrected chi connectivity index (χ4v) is 3.10. The lowest BCUT2D eigenvalue weighted by Gasteiger charge is -2.21. The third-order valence-corrected chi connectivity index (χ3v) is 4.73. The van der Waals surface area contributed by atoms with Gasteiger partial charge in [-0.25, -0.2) is 13.6 Å². The highest BCUT2D eigenvalue weighted by molar-refractivity contribution is 7.89. The first-order valence-electron chi connectivity index (χ1n) is 8.27. The summed E-state index contributed by atoms with van der Waals surface area (Å²) in [7, 11) is -3.81. The van der Waals surface area contributed by atoms with Gasteiger partial charge < -0.3 is 11.1 Å². The molecule has 27 heavy (non-hydrogen) atoms. The molecule has 0 fully saturated rings. The molecule has 148 valence electrons. The van der Waals surface area contributed by atoms with Gasteiger partial charge in [0, 0.05) is 25.3 Å². The number of halogens is 1. The molecule has 0 saturated heterocycles. The van der Waals surface area contributed by atoms with Crippen LogP contribution in [0.25, 0.3) is 0 Å². The van der Waals surface area contributed by atoms with Crippen molar-refractivity contribution in [1.82, 2.24) is 4.90 Å². The zero-order chi connectivity index (χ0) is 19.0. The fourth-order valence-electron chi connectivity index (χ4n) is 2.54. The van der Waals surface area contributed by atoms with Gasteiger partial charge in [-0.2, -0.15) is 0 Å². The van der Waals surface area contributed by atoms with Crippen LogP contribution in [0, 0.1) is 0 Å². The molecular formula is C18H25ClN4O3S. The van der Waals surface area contributed by atoms with E-state index in [1.165, 1.54) is 23.8 Å². The maximum absolute atomic E-state index is 12.3. The lowest BCUT2D eigenvalue weighted by atomic mass is 10.1. The summed E-state index contributed by atoms with van der Waals surface area (Å²) in [6.45, 7) is 1.91. The molecule has 7 nitrogen and oxygen atoms in total. The molecule has 0 aliphatic rings. The van der Waals surface area contributed by atoms with Crippen molar-refractivity contribution in [1.29, 1.82) is 0 Å². The molecule has 0 saturated carbocycles. The second-order valence-corrected chi connectivity index (χ2v) is 7.48. The molecular weight excluding hydrogens is 388 g/mol. The van der Waals surface area contributed by atoms with Crippen LogP contribution in [0.3, 0.4) is 0 Å². The Balaban J connectivity index is 0.00000364. The van der Waals surface area contributed by atoms with Crippen molar-refractivity contribution in [3.63, 3.8) is 0 Å². The first-order chi connectivity index (χ1) is 12.4. The van der Waals surface area contributed by atoms with Gasteiger partial charge in [0.1, 0.15) is 0 Å². The highest BCUT2D eigenvalue weighted by atomic mass is 35.5. The number of hydrogen-bond donors (Lipinski definition) is 3. The van der Waals surface area contributed by atoms with E-state index in [9.17, 15) is 13.2 Å². The van der Waals surface area contributed by atoms with Gasteiger partial charge in [0.2, 0.25) is 15.9 Å². The predicted molar refractivity (Wildman–Crippen MR) is 109 cm³/mol. The Morgan fingerprint density at radius 3 is 2.37 bits per heavy atom. The van der Waals surface area contributed by atoms with Crippen LogP contribution in [0.1, 0.15) is 5.56 Å². The van der Waals surface area contributed by atoms with Crippen LogP contribution in [0.15, 0.2) is 59.5 Å². The van der Waals surface area contributed by atoms with Crippen LogP contribution in [0.5, 0.6) is 0 Å². The third kappa shape index (κ3) is 8.06. The van der Waals surface area contributed by atoms with Crippen molar-refractivity contribution in [2.75, 3.05) is 31.5 Å². The third-order valence-electron chi connectivity index (χ3n) is 3.82. The fraction of sp³-hybridized carbons (Fsp3) is 0.278. The largest absolute Gasteiger partial charge is 0.329 e. The van der Waals surface area contributed by atoms with Crippen molar-refractivity contribution in [3.05, 3.63) is 60.2 Å². The van der Waals surface area contributed by atoms with E-state index in [2.05, 4.69) is 5.32 Å². The van der Waals surface area contributed by atoms with Crippen molar-refractivity contribution < 1.29 is 13.2 Å². The highest BCUT2D eigenvalue weighted by Crippen LogP contribution is 2.14. The molecule has 0 bridgehead atoms. The van der Waals surface area contributed by atoms with E-state index in [-0.39, 0.29) is 29.8 Å². The number of benzene rings is 2. The molecule has 0 heterocycles. The zero-order valence-electron chi connectivity index (χ0n) is 14.9. The molecule has 9 heteroatoms. The number of anilines is 1. The van der Waals surface area contributed by atoms with Crippen LogP contribution in [0.2, 0.25) is 0 Å². The topological polar surface area (TPSA) is 119 Å². The molecule has 2 aromatic carbocycles. The van der Waals surface area contributed by atoms with Crippen LogP contribution in [-0.2, 0) is 21.2 Å². The molecule has 0 spiro atoms. The number of nitrogens with one attached hydrogen (secondary N) is 1. The lowest BCUT2D eigenvalue weighted by molar-refractivity contribution is -0.117. The second kappa shape index (κ2) is 11.0. The molecule has 2 aromatic rings. The number of primary sulfonamides is 1. The molecule has 5 N–H and O–H groups in total. The molecule has 0 atom stereocenters. The molecule has 2 rings (SSSR count). The predicted octanol–water partition coefficient (Wildman–Crippen LogP) is 1.20. The van der Waals surface area contributed by atoms with Crippen LogP contribution in [-0.4, -0.2) is 45.4 Å². The van der Waals surface area contributed by atoms with E-state index in [4.69, 9.17) is 10.9 Å². The van der Waals surface area contributed by atoms with E-state index >= 15 is 0 Å². The van der Waals surface area contributed by atoms with Gasteiger partial charge in [-0.15, -0.1) is 12.4 Å². The van der Waals surface area contributed by atoms with Gasteiger partial charge in [0.05, 0.1) is 11.4 Å². The monoisotopic (exact) mass is 412 g/mol. The Labute approximate surface area is 166 Å². The maximum atomic E-state index is 12.3. The summed E-state index contributed by atoms with van der Waals surface area (Å²) in [5, 5.41) is 7.81. The smallest absolute Gasteiger partial charge is 0.238 e. The molecule has 0 unspecified atom stereocenters. The summed E-state index contributed by atoms with van der Waals surface area (Å²) >= 11 is 0. The molecule has 0 aliphatic carbocycles. The van der Waals surface area contributed by atoms with Crippen LogP contribution < -0.4 is 16.2 Å². The van der Waals surface area contributed by atoms with Gasteiger partial charge in [0.25, 0.3) is 0 Å². The van der Waals surface area contributed by atoms with E-state index in [0.717, 1.165) is 6.42 Å². The summed E-state index contributed by atoms with van der Waals surface area (Å²) in [5.74, 6) is -0.238. The Morgan fingerprint density at radius 2 is 1.74 bits per heavy atom. The van der Waals surface area contributed by atoms with Gasteiger partial charge in [-0.05, 0) is 30.2 Å². The van der Waals surface area contributed by atoms with Crippen molar-refractivity contribution in [3.8, 4) is 0 Å². The number of hydrogen-bond acceptors (Lipinski definition) is 5. The minimum absolute atomic E-state index is 0. The Kier molecular flexibility index (Phi) is 9.40. The average molecular weight is 413 g/mol. The molecule has 0 radical (unpaired) electrons. The summed E-state index contributed by atoms with van der Waals surface area (Å²) < 4.78 is 22.8. The van der Waals surface area contributed by atoms with E-state index in [1.807, 2.05) is 35.2 Å². The summed E-state index contributed by atoms with van der Waals surface area (Å²) in [6.07, 6.45) is 0.815. The van der Waals surface area contributed by atoms with Crippen molar-refractivity contribution >= 4 is 34.0 Å². The van der Waals surface area contributed by atoms with Gasteiger partial charge in [-0.1, -0.05) is 36.4 Å². The normalized spacial score (nSPS) is 11.1. The lowest BCUT2D eigenvalue weighted by Crippen LogP contribution is -2.38. The Bertz CT molecular complexity index is 832. The van der Waals surface area contributed by atoms with E-state index < -0.39 is 10.0 Å². The van der Waals surface area contributed by atoms with E-state index in [0.29, 0.717) is 25.3 Å². The molecule has 1 amide bonds. The van der Waals surface area contributed by atoms with E-state index in [1.54, 1.807) is 6.07 Å². The average Bonchev–Trinajstić information content (AvgIpc) is 2.60. The van der Waals surface area contributed by atoms with Crippen LogP contribution >= 0.6 is 12.4 Å². The Hall–Kier alpha value is -1.97. The quantitative estimate of drug-likeness (QED) is 0.571. The SMILES string of the molecule is Cl.NCCN(CCc1ccccc1)CC(=O)Nc1cccc(S(N)(=O)=O)c1. The Morgan fingerprint density at radius 1 is 1.04 bits per heavy atom. The molecule has 0 aliphatic heterocycles. The van der Waals surface area contributed by atoms with Crippen molar-refractivity contribution in [2.24, 2.45) is 10.9 Å². The highest BCUT2D eigenvalue weighted by Gasteiger charge is 2.12. The number of nitrogens with zero attached hydrogens (tertiary/aromatic N) is 1. The first kappa shape index (κ1) is 23.1. The second-order valence-electron chi connectivity index (χ2n) is 5.92. The number of rotatable bonds is 9. The standard InChI is InChI=1S/C18H24N4O3S.ClH/c19-10-12-22(11-9-15-5-2-1-3-6-15)14-18(23)21-16-7-4-8-17(13-16)26(20,24)25;/h1-8,13H,9-12,14,19H2,(H,21,23)(H2,20,24,25);1H. The number of nitrogens with two attached hydrogens (primary N) is 2. The number of carbonyl (C=O) groups is 1. The number of amides is 1. The summed E-state index contributed by atoms with van der Waals surface area (Å²) in [5.41, 5.74) is 7.22. The van der Waals surface area contributed by atoms with Gasteiger partial charge in [0.15, 0.2) is 0 Å². The van der Waals surface area contributed by atoms with Crippen molar-refractivity contribution in [2.45, 2.75) is 11.3 Å². The maximum Gasteiger partial charge on any atom is 0.238 e. The van der Waals surface area contributed by atoms with Crippen LogP contribution in [0.4, 0.5) is 5.69 Å². The van der Waals surface area contributed by atoms with Gasteiger partial charge >= 0.3 is 0 Å². The summed E-state index contributed by atoms with van der Waals surface area (Å²) in [6, 6.07) is 15.9. The zero-order valence-corrected chi connectivity index (χ0v) is 16.5. The minimum atomic E-state index is -3.81. The first-order valence-corrected chi connectivity index (χ1v) is 9.82. The molecule has 0 aromatic heterocycles. The number of carbonyl (C=O) groups excluding carboxylic acids is 1.